The summed E-state index contributed by atoms with van der Waals surface area (Å²) in [7, 11) is 1.58. The van der Waals surface area contributed by atoms with Crippen molar-refractivity contribution in [2.45, 2.75) is 5.79 Å². The molecule has 5 heteroatoms. The van der Waals surface area contributed by atoms with E-state index in [1.165, 1.54) is 0 Å². The molecule has 0 saturated carbocycles. The largest absolute Gasteiger partial charge is 0.495 e. The summed E-state index contributed by atoms with van der Waals surface area (Å²) in [5, 5.41) is 1.18. The number of halogens is 2. The van der Waals surface area contributed by atoms with Crippen molar-refractivity contribution in [1.29, 1.82) is 0 Å². The van der Waals surface area contributed by atoms with Gasteiger partial charge in [0, 0.05) is 16.1 Å². The molecule has 0 amide bonds. The zero-order chi connectivity index (χ0) is 14.9. The summed E-state index contributed by atoms with van der Waals surface area (Å²) >= 11 is 12.2. The lowest BCUT2D eigenvalue weighted by Gasteiger charge is -2.28. The molecule has 1 saturated heterocycles. The van der Waals surface area contributed by atoms with Crippen molar-refractivity contribution in [2.24, 2.45) is 0 Å². The van der Waals surface area contributed by atoms with Crippen LogP contribution in [0.25, 0.3) is 0 Å². The van der Waals surface area contributed by atoms with E-state index < -0.39 is 5.79 Å². The Bertz CT molecular complexity index is 634. The van der Waals surface area contributed by atoms with Gasteiger partial charge in [-0.3, -0.25) is 0 Å². The highest BCUT2D eigenvalue weighted by atomic mass is 35.5. The highest BCUT2D eigenvalue weighted by molar-refractivity contribution is 6.32. The molecule has 2 aromatic rings. The molecule has 0 bridgehead atoms. The summed E-state index contributed by atoms with van der Waals surface area (Å²) in [6.07, 6.45) is 0. The number of ether oxygens (including phenoxy) is 3. The summed E-state index contributed by atoms with van der Waals surface area (Å²) in [6, 6.07) is 12.9. The molecule has 0 radical (unpaired) electrons. The number of benzene rings is 2. The fourth-order valence-corrected chi connectivity index (χ4v) is 2.84. The third-order valence-electron chi connectivity index (χ3n) is 3.45. The molecule has 2 aromatic carbocycles. The second-order valence-corrected chi connectivity index (χ2v) is 5.51. The first-order valence-corrected chi connectivity index (χ1v) is 7.29. The average Bonchev–Trinajstić information content (AvgIpc) is 2.98. The van der Waals surface area contributed by atoms with Crippen LogP contribution in [0.2, 0.25) is 10.0 Å². The van der Waals surface area contributed by atoms with Crippen molar-refractivity contribution in [3.63, 3.8) is 0 Å². The van der Waals surface area contributed by atoms with Crippen molar-refractivity contribution in [1.82, 2.24) is 0 Å². The van der Waals surface area contributed by atoms with Gasteiger partial charge in [-0.05, 0) is 30.3 Å². The number of rotatable bonds is 3. The normalized spacial score (nSPS) is 16.9. The molecule has 0 N–H and O–H groups in total. The third kappa shape index (κ3) is 2.62. The fraction of sp³-hybridized carbons (Fsp3) is 0.250. The van der Waals surface area contributed by atoms with Crippen LogP contribution in [0.1, 0.15) is 11.1 Å². The predicted molar refractivity (Wildman–Crippen MR) is 82.1 cm³/mol. The van der Waals surface area contributed by atoms with Gasteiger partial charge in [0.1, 0.15) is 5.75 Å². The molecule has 1 fully saturated rings. The van der Waals surface area contributed by atoms with E-state index in [4.69, 9.17) is 37.4 Å². The van der Waals surface area contributed by atoms with Gasteiger partial charge in [-0.2, -0.15) is 0 Å². The molecule has 1 aliphatic heterocycles. The smallest absolute Gasteiger partial charge is 0.222 e. The van der Waals surface area contributed by atoms with Crippen molar-refractivity contribution < 1.29 is 14.2 Å². The minimum Gasteiger partial charge on any atom is -0.495 e. The summed E-state index contributed by atoms with van der Waals surface area (Å²) in [4.78, 5) is 0. The van der Waals surface area contributed by atoms with Crippen LogP contribution >= 0.6 is 23.2 Å². The number of methoxy groups -OCH3 is 1. The Balaban J connectivity index is 2.09. The van der Waals surface area contributed by atoms with Gasteiger partial charge in [0.05, 0.1) is 25.3 Å². The van der Waals surface area contributed by atoms with Crippen LogP contribution in [0, 0.1) is 0 Å². The van der Waals surface area contributed by atoms with Crippen molar-refractivity contribution in [3.05, 3.63) is 63.6 Å². The Hall–Kier alpha value is -1.26. The summed E-state index contributed by atoms with van der Waals surface area (Å²) in [5.74, 6) is -0.329. The topological polar surface area (TPSA) is 27.7 Å². The SMILES string of the molecule is COc1ccc(C2(c3ccc(Cl)cc3)OCCO2)cc1Cl. The minimum atomic E-state index is -0.944. The first-order chi connectivity index (χ1) is 10.2. The number of hydrogen-bond donors (Lipinski definition) is 0. The molecule has 0 aliphatic carbocycles. The van der Waals surface area contributed by atoms with Crippen LogP contribution < -0.4 is 4.74 Å². The zero-order valence-corrected chi connectivity index (χ0v) is 12.9. The maximum atomic E-state index is 6.23. The molecule has 3 nitrogen and oxygen atoms in total. The molecule has 1 heterocycles. The maximum Gasteiger partial charge on any atom is 0.222 e. The monoisotopic (exact) mass is 324 g/mol. The lowest BCUT2D eigenvalue weighted by Crippen LogP contribution is -2.28. The first-order valence-electron chi connectivity index (χ1n) is 6.54. The Morgan fingerprint density at radius 1 is 0.952 bits per heavy atom. The predicted octanol–water partition coefficient (Wildman–Crippen LogP) is 4.25. The Kier molecular flexibility index (Phi) is 4.09. The van der Waals surface area contributed by atoms with Gasteiger partial charge >= 0.3 is 0 Å². The van der Waals surface area contributed by atoms with Gasteiger partial charge < -0.3 is 14.2 Å². The summed E-state index contributed by atoms with van der Waals surface area (Å²) < 4.78 is 17.0. The van der Waals surface area contributed by atoms with E-state index in [1.54, 1.807) is 19.2 Å². The van der Waals surface area contributed by atoms with Crippen LogP contribution in [0.4, 0.5) is 0 Å². The van der Waals surface area contributed by atoms with Crippen LogP contribution in [-0.2, 0) is 15.3 Å². The molecular formula is C16H14Cl2O3. The van der Waals surface area contributed by atoms with Gasteiger partial charge in [-0.1, -0.05) is 35.3 Å². The van der Waals surface area contributed by atoms with E-state index >= 15 is 0 Å². The van der Waals surface area contributed by atoms with Gasteiger partial charge in [0.15, 0.2) is 0 Å². The minimum absolute atomic E-state index is 0.516. The van der Waals surface area contributed by atoms with Gasteiger partial charge in [-0.15, -0.1) is 0 Å². The van der Waals surface area contributed by atoms with Crippen LogP contribution in [0.5, 0.6) is 5.75 Å². The highest BCUT2D eigenvalue weighted by Gasteiger charge is 2.41. The van der Waals surface area contributed by atoms with E-state index in [0.717, 1.165) is 11.1 Å². The lowest BCUT2D eigenvalue weighted by molar-refractivity contribution is -0.129. The highest BCUT2D eigenvalue weighted by Crippen LogP contribution is 2.41. The van der Waals surface area contributed by atoms with E-state index in [1.807, 2.05) is 30.3 Å². The van der Waals surface area contributed by atoms with Gasteiger partial charge in [0.2, 0.25) is 5.79 Å². The Morgan fingerprint density at radius 2 is 1.57 bits per heavy atom. The van der Waals surface area contributed by atoms with E-state index in [9.17, 15) is 0 Å². The van der Waals surface area contributed by atoms with E-state index in [2.05, 4.69) is 0 Å². The molecule has 3 rings (SSSR count). The van der Waals surface area contributed by atoms with Crippen molar-refractivity contribution >= 4 is 23.2 Å². The van der Waals surface area contributed by atoms with Gasteiger partial charge in [0.25, 0.3) is 0 Å². The van der Waals surface area contributed by atoms with Crippen LogP contribution in [0.3, 0.4) is 0 Å². The molecule has 0 aromatic heterocycles. The van der Waals surface area contributed by atoms with E-state index in [0.29, 0.717) is 29.0 Å². The molecular weight excluding hydrogens is 311 g/mol. The van der Waals surface area contributed by atoms with Gasteiger partial charge in [-0.25, -0.2) is 0 Å². The van der Waals surface area contributed by atoms with Crippen molar-refractivity contribution in [2.75, 3.05) is 20.3 Å². The second-order valence-electron chi connectivity index (χ2n) is 4.67. The summed E-state index contributed by atoms with van der Waals surface area (Å²) in [6.45, 7) is 1.04. The standard InChI is InChI=1S/C16H14Cl2O3/c1-19-15-7-4-12(10-14(15)18)16(20-8-9-21-16)11-2-5-13(17)6-3-11/h2-7,10H,8-9H2,1H3. The van der Waals surface area contributed by atoms with Crippen LogP contribution in [0.15, 0.2) is 42.5 Å². The lowest BCUT2D eigenvalue weighted by atomic mass is 9.97. The van der Waals surface area contributed by atoms with E-state index in [-0.39, 0.29) is 0 Å². The second kappa shape index (κ2) is 5.85. The first kappa shape index (κ1) is 14.7. The zero-order valence-electron chi connectivity index (χ0n) is 11.4. The third-order valence-corrected chi connectivity index (χ3v) is 4.00. The molecule has 0 spiro atoms. The molecule has 0 atom stereocenters. The quantitative estimate of drug-likeness (QED) is 0.844. The fourth-order valence-electron chi connectivity index (χ4n) is 2.45. The number of hydrogen-bond acceptors (Lipinski definition) is 3. The summed E-state index contributed by atoms with van der Waals surface area (Å²) in [5.41, 5.74) is 1.71. The average molecular weight is 325 g/mol. The Labute approximate surface area is 133 Å². The van der Waals surface area contributed by atoms with Crippen LogP contribution in [-0.4, -0.2) is 20.3 Å². The molecule has 0 unspecified atom stereocenters. The molecule has 21 heavy (non-hydrogen) atoms. The van der Waals surface area contributed by atoms with Crippen molar-refractivity contribution in [3.8, 4) is 5.75 Å². The molecule has 1 aliphatic rings. The maximum absolute atomic E-state index is 6.23. The molecule has 110 valence electrons. The Morgan fingerprint density at radius 3 is 2.14 bits per heavy atom.